The smallest absolute Gasteiger partial charge is 0.240 e. The van der Waals surface area contributed by atoms with Crippen molar-refractivity contribution in [2.24, 2.45) is 0 Å². The first-order valence-corrected chi connectivity index (χ1v) is 7.63. The first kappa shape index (κ1) is 14.2. The molecule has 1 aromatic heterocycles. The molecule has 3 rings (SSSR count). The summed E-state index contributed by atoms with van der Waals surface area (Å²) in [6.45, 7) is 8.12. The molecule has 1 saturated heterocycles. The topological polar surface area (TPSA) is 45.4 Å². The molecule has 1 aliphatic rings. The number of piperazine rings is 1. The van der Waals surface area contributed by atoms with Crippen LogP contribution in [0.4, 0.5) is 0 Å². The Bertz CT molecular complexity index is 546. The lowest BCUT2D eigenvalue weighted by Gasteiger charge is -2.33. The zero-order valence-electron chi connectivity index (χ0n) is 12.5. The van der Waals surface area contributed by atoms with E-state index in [-0.39, 0.29) is 0 Å². The van der Waals surface area contributed by atoms with E-state index in [4.69, 9.17) is 4.52 Å². The molecule has 21 heavy (non-hydrogen) atoms. The standard InChI is InChI=1S/C16H22N4O/c1-2-15-17-16(21-18-15)13-20-10-8-19(9-11-20)12-14-6-4-3-5-7-14/h3-7H,2,8-13H2,1H3. The van der Waals surface area contributed by atoms with Gasteiger partial charge < -0.3 is 4.52 Å². The van der Waals surface area contributed by atoms with Crippen molar-refractivity contribution in [2.75, 3.05) is 26.2 Å². The Kier molecular flexibility index (Phi) is 4.62. The highest BCUT2D eigenvalue weighted by molar-refractivity contribution is 5.14. The van der Waals surface area contributed by atoms with Crippen LogP contribution in [0.2, 0.25) is 0 Å². The second-order valence-corrected chi connectivity index (χ2v) is 5.50. The van der Waals surface area contributed by atoms with Crippen molar-refractivity contribution in [2.45, 2.75) is 26.4 Å². The first-order chi connectivity index (χ1) is 10.3. The van der Waals surface area contributed by atoms with Crippen LogP contribution in [0.25, 0.3) is 0 Å². The monoisotopic (exact) mass is 286 g/mol. The van der Waals surface area contributed by atoms with Gasteiger partial charge in [-0.25, -0.2) is 0 Å². The van der Waals surface area contributed by atoms with Crippen LogP contribution in [-0.2, 0) is 19.5 Å². The number of hydrogen-bond donors (Lipinski definition) is 0. The predicted octanol–water partition coefficient (Wildman–Crippen LogP) is 1.95. The van der Waals surface area contributed by atoms with E-state index in [9.17, 15) is 0 Å². The van der Waals surface area contributed by atoms with Gasteiger partial charge in [-0.05, 0) is 5.56 Å². The Hall–Kier alpha value is -1.72. The molecular weight excluding hydrogens is 264 g/mol. The van der Waals surface area contributed by atoms with Gasteiger partial charge in [0.2, 0.25) is 5.89 Å². The highest BCUT2D eigenvalue weighted by Crippen LogP contribution is 2.10. The van der Waals surface area contributed by atoms with E-state index in [0.717, 1.165) is 57.4 Å². The number of rotatable bonds is 5. The maximum atomic E-state index is 5.26. The molecule has 112 valence electrons. The maximum absolute atomic E-state index is 5.26. The molecule has 0 spiro atoms. The maximum Gasteiger partial charge on any atom is 0.240 e. The molecule has 1 aliphatic heterocycles. The SMILES string of the molecule is CCc1noc(CN2CCN(Cc3ccccc3)CC2)n1. The van der Waals surface area contributed by atoms with Crippen molar-refractivity contribution in [3.8, 4) is 0 Å². The van der Waals surface area contributed by atoms with Gasteiger partial charge in [-0.2, -0.15) is 4.98 Å². The summed E-state index contributed by atoms with van der Waals surface area (Å²) < 4.78 is 5.26. The van der Waals surface area contributed by atoms with Crippen LogP contribution in [-0.4, -0.2) is 46.1 Å². The second-order valence-electron chi connectivity index (χ2n) is 5.50. The van der Waals surface area contributed by atoms with Crippen LogP contribution in [0.5, 0.6) is 0 Å². The van der Waals surface area contributed by atoms with E-state index < -0.39 is 0 Å². The van der Waals surface area contributed by atoms with Crippen molar-refractivity contribution >= 4 is 0 Å². The fourth-order valence-electron chi connectivity index (χ4n) is 2.64. The molecule has 0 radical (unpaired) electrons. The Morgan fingerprint density at radius 3 is 2.29 bits per heavy atom. The van der Waals surface area contributed by atoms with Gasteiger partial charge in [0, 0.05) is 39.1 Å². The summed E-state index contributed by atoms with van der Waals surface area (Å²) in [5.74, 6) is 1.54. The molecule has 0 bridgehead atoms. The van der Waals surface area contributed by atoms with E-state index in [1.54, 1.807) is 0 Å². The normalized spacial score (nSPS) is 17.2. The van der Waals surface area contributed by atoms with Gasteiger partial charge in [0.15, 0.2) is 5.82 Å². The number of aryl methyl sites for hydroxylation is 1. The van der Waals surface area contributed by atoms with Crippen LogP contribution in [0.1, 0.15) is 24.2 Å². The van der Waals surface area contributed by atoms with Crippen molar-refractivity contribution in [3.63, 3.8) is 0 Å². The minimum absolute atomic E-state index is 0.739. The molecule has 2 aromatic rings. The van der Waals surface area contributed by atoms with E-state index in [2.05, 4.69) is 50.3 Å². The lowest BCUT2D eigenvalue weighted by Crippen LogP contribution is -2.45. The summed E-state index contributed by atoms with van der Waals surface area (Å²) in [6, 6.07) is 10.7. The molecule has 0 atom stereocenters. The van der Waals surface area contributed by atoms with Crippen LogP contribution in [0.3, 0.4) is 0 Å². The van der Waals surface area contributed by atoms with Gasteiger partial charge in [-0.3, -0.25) is 9.80 Å². The summed E-state index contributed by atoms with van der Waals surface area (Å²) in [7, 11) is 0. The van der Waals surface area contributed by atoms with E-state index in [1.165, 1.54) is 5.56 Å². The van der Waals surface area contributed by atoms with Gasteiger partial charge in [-0.15, -0.1) is 0 Å². The number of hydrogen-bond acceptors (Lipinski definition) is 5. The molecule has 0 unspecified atom stereocenters. The second kappa shape index (κ2) is 6.83. The molecule has 5 heteroatoms. The molecule has 1 aromatic carbocycles. The molecular formula is C16H22N4O. The Morgan fingerprint density at radius 2 is 1.67 bits per heavy atom. The van der Waals surface area contributed by atoms with Gasteiger partial charge >= 0.3 is 0 Å². The summed E-state index contributed by atoms with van der Waals surface area (Å²) in [5.41, 5.74) is 1.38. The van der Waals surface area contributed by atoms with Crippen molar-refractivity contribution in [1.29, 1.82) is 0 Å². The minimum Gasteiger partial charge on any atom is -0.338 e. The Labute approximate surface area is 125 Å². The fourth-order valence-corrected chi connectivity index (χ4v) is 2.64. The molecule has 0 N–H and O–H groups in total. The predicted molar refractivity (Wildman–Crippen MR) is 80.7 cm³/mol. The largest absolute Gasteiger partial charge is 0.338 e. The average Bonchev–Trinajstić information content (AvgIpc) is 2.98. The van der Waals surface area contributed by atoms with Gasteiger partial charge in [-0.1, -0.05) is 42.4 Å². The number of benzene rings is 1. The minimum atomic E-state index is 0.739. The average molecular weight is 286 g/mol. The van der Waals surface area contributed by atoms with Gasteiger partial charge in [0.1, 0.15) is 0 Å². The Balaban J connectivity index is 1.46. The summed E-state index contributed by atoms with van der Waals surface area (Å²) >= 11 is 0. The van der Waals surface area contributed by atoms with E-state index in [0.29, 0.717) is 0 Å². The van der Waals surface area contributed by atoms with Crippen LogP contribution in [0.15, 0.2) is 34.9 Å². The van der Waals surface area contributed by atoms with Crippen LogP contribution in [0, 0.1) is 0 Å². The van der Waals surface area contributed by atoms with E-state index >= 15 is 0 Å². The molecule has 2 heterocycles. The number of aromatic nitrogens is 2. The quantitative estimate of drug-likeness (QED) is 0.840. The zero-order valence-corrected chi connectivity index (χ0v) is 12.5. The third-order valence-electron chi connectivity index (χ3n) is 3.90. The van der Waals surface area contributed by atoms with Gasteiger partial charge in [0.05, 0.1) is 6.54 Å². The lowest BCUT2D eigenvalue weighted by atomic mass is 10.2. The Morgan fingerprint density at radius 1 is 1.00 bits per heavy atom. The molecule has 0 amide bonds. The van der Waals surface area contributed by atoms with Crippen LogP contribution < -0.4 is 0 Å². The summed E-state index contributed by atoms with van der Waals surface area (Å²) in [4.78, 5) is 9.26. The molecule has 5 nitrogen and oxygen atoms in total. The van der Waals surface area contributed by atoms with E-state index in [1.807, 2.05) is 6.92 Å². The van der Waals surface area contributed by atoms with Crippen LogP contribution >= 0.6 is 0 Å². The molecule has 0 aliphatic carbocycles. The molecule has 0 saturated carbocycles. The summed E-state index contributed by atoms with van der Waals surface area (Å²) in [6.07, 6.45) is 0.828. The highest BCUT2D eigenvalue weighted by Gasteiger charge is 2.19. The van der Waals surface area contributed by atoms with Crippen molar-refractivity contribution < 1.29 is 4.52 Å². The molecule has 1 fully saturated rings. The summed E-state index contributed by atoms with van der Waals surface area (Å²) in [5, 5.41) is 3.95. The third kappa shape index (κ3) is 3.89. The van der Waals surface area contributed by atoms with Gasteiger partial charge in [0.25, 0.3) is 0 Å². The highest BCUT2D eigenvalue weighted by atomic mass is 16.5. The van der Waals surface area contributed by atoms with Crippen molar-refractivity contribution in [3.05, 3.63) is 47.6 Å². The fraction of sp³-hybridized carbons (Fsp3) is 0.500. The first-order valence-electron chi connectivity index (χ1n) is 7.63. The number of nitrogens with zero attached hydrogens (tertiary/aromatic N) is 4. The third-order valence-corrected chi connectivity index (χ3v) is 3.90. The van der Waals surface area contributed by atoms with Crippen molar-refractivity contribution in [1.82, 2.24) is 19.9 Å². The zero-order chi connectivity index (χ0) is 14.5. The lowest BCUT2D eigenvalue weighted by molar-refractivity contribution is 0.112.